The largest absolute Gasteiger partial charge is 0.461 e. The first-order chi connectivity index (χ1) is 14.2. The molecular weight excluding hydrogens is 398 g/mol. The molecule has 10 nitrogen and oxygen atoms in total. The first kappa shape index (κ1) is 23.5. The monoisotopic (exact) mass is 423 g/mol. The van der Waals surface area contributed by atoms with Crippen molar-refractivity contribution in [2.24, 2.45) is 0 Å². The summed E-state index contributed by atoms with van der Waals surface area (Å²) in [5, 5.41) is 47.8. The fraction of sp³-hybridized carbons (Fsp3) is 0.400. The first-order valence-corrected chi connectivity index (χ1v) is 9.18. The molecule has 4 unspecified atom stereocenters. The summed E-state index contributed by atoms with van der Waals surface area (Å²) in [4.78, 5) is 10.8. The number of hydrogen-bond donors (Lipinski definition) is 4. The van der Waals surface area contributed by atoms with Crippen molar-refractivity contribution in [1.29, 1.82) is 0 Å². The number of nitro benzene ring substituents is 1. The zero-order chi connectivity index (χ0) is 22.4. The van der Waals surface area contributed by atoms with Crippen LogP contribution in [0.15, 0.2) is 36.4 Å². The lowest BCUT2D eigenvalue weighted by Crippen LogP contribution is -2.35. The molecule has 1 saturated heterocycles. The third-order valence-corrected chi connectivity index (χ3v) is 4.14. The summed E-state index contributed by atoms with van der Waals surface area (Å²) in [6.45, 7) is 5.48. The third-order valence-electron chi connectivity index (χ3n) is 4.14. The maximum Gasteiger partial charge on any atom is 0.315 e. The zero-order valence-electron chi connectivity index (χ0n) is 16.8. The Bertz CT molecular complexity index is 856. The fourth-order valence-corrected chi connectivity index (χ4v) is 2.59. The van der Waals surface area contributed by atoms with E-state index in [4.69, 9.17) is 19.3 Å². The average molecular weight is 423 g/mol. The van der Waals surface area contributed by atoms with Crippen molar-refractivity contribution in [3.63, 3.8) is 0 Å². The molecule has 2 aromatic carbocycles. The summed E-state index contributed by atoms with van der Waals surface area (Å²) >= 11 is 0. The van der Waals surface area contributed by atoms with E-state index in [0.29, 0.717) is 11.3 Å². The Morgan fingerprint density at radius 2 is 1.67 bits per heavy atom. The Morgan fingerprint density at radius 3 is 2.17 bits per heavy atom. The quantitative estimate of drug-likeness (QED) is 0.416. The van der Waals surface area contributed by atoms with Gasteiger partial charge in [-0.15, -0.1) is 0 Å². The highest BCUT2D eigenvalue weighted by atomic mass is 16.8. The lowest BCUT2D eigenvalue weighted by Gasteiger charge is -2.18. The fourth-order valence-electron chi connectivity index (χ4n) is 2.59. The van der Waals surface area contributed by atoms with Crippen LogP contribution in [0, 0.1) is 24.0 Å². The van der Waals surface area contributed by atoms with Gasteiger partial charge in [-0.1, -0.05) is 17.7 Å². The van der Waals surface area contributed by atoms with Gasteiger partial charge < -0.3 is 34.6 Å². The van der Waals surface area contributed by atoms with Gasteiger partial charge in [-0.25, -0.2) is 0 Å². The van der Waals surface area contributed by atoms with E-state index in [-0.39, 0.29) is 23.8 Å². The van der Waals surface area contributed by atoms with Crippen LogP contribution < -0.4 is 9.47 Å². The molecule has 4 atom stereocenters. The number of ether oxygens (including phenoxy) is 3. The van der Waals surface area contributed by atoms with Crippen molar-refractivity contribution in [2.75, 3.05) is 6.61 Å². The number of hydrogen-bond acceptors (Lipinski definition) is 9. The maximum atomic E-state index is 11.4. The second-order valence-electron chi connectivity index (χ2n) is 6.57. The predicted molar refractivity (Wildman–Crippen MR) is 105 cm³/mol. The van der Waals surface area contributed by atoms with Gasteiger partial charge in [0.15, 0.2) is 6.29 Å². The first-order valence-electron chi connectivity index (χ1n) is 9.18. The van der Waals surface area contributed by atoms with E-state index in [2.05, 4.69) is 0 Å². The summed E-state index contributed by atoms with van der Waals surface area (Å²) in [7, 11) is 0. The van der Waals surface area contributed by atoms with Crippen LogP contribution in [-0.2, 0) is 4.74 Å². The topological polar surface area (TPSA) is 152 Å². The molecule has 3 rings (SSSR count). The number of nitrogens with zero attached hydrogens (tertiary/aromatic N) is 1. The number of rotatable bonds is 5. The number of aryl methyl sites for hydroxylation is 2. The highest BCUT2D eigenvalue weighted by Gasteiger charge is 2.43. The van der Waals surface area contributed by atoms with Crippen molar-refractivity contribution >= 4 is 5.69 Å². The van der Waals surface area contributed by atoms with Crippen LogP contribution >= 0.6 is 0 Å². The molecule has 10 heteroatoms. The van der Waals surface area contributed by atoms with Gasteiger partial charge in [0.1, 0.15) is 23.7 Å². The van der Waals surface area contributed by atoms with E-state index in [1.807, 2.05) is 19.1 Å². The maximum absolute atomic E-state index is 11.4. The van der Waals surface area contributed by atoms with Gasteiger partial charge in [0, 0.05) is 6.61 Å². The molecule has 0 aromatic heterocycles. The van der Waals surface area contributed by atoms with E-state index in [1.54, 1.807) is 26.0 Å². The van der Waals surface area contributed by atoms with Gasteiger partial charge in [-0.3, -0.25) is 10.1 Å². The molecule has 0 radical (unpaired) electrons. The van der Waals surface area contributed by atoms with E-state index in [9.17, 15) is 25.4 Å². The molecule has 1 aliphatic heterocycles. The highest BCUT2D eigenvalue weighted by molar-refractivity contribution is 5.56. The molecule has 0 spiro atoms. The van der Waals surface area contributed by atoms with Crippen molar-refractivity contribution in [3.05, 3.63) is 57.6 Å². The summed E-state index contributed by atoms with van der Waals surface area (Å²) in [5.41, 5.74) is 1.16. The minimum atomic E-state index is -1.61. The summed E-state index contributed by atoms with van der Waals surface area (Å²) in [6, 6.07) is 9.62. The minimum absolute atomic E-state index is 0.0293. The highest BCUT2D eigenvalue weighted by Crippen LogP contribution is 2.38. The van der Waals surface area contributed by atoms with Crippen molar-refractivity contribution in [2.45, 2.75) is 45.6 Å². The Labute approximate surface area is 173 Å². The zero-order valence-corrected chi connectivity index (χ0v) is 16.8. The van der Waals surface area contributed by atoms with Crippen molar-refractivity contribution in [1.82, 2.24) is 0 Å². The number of aliphatic hydroxyl groups excluding tert-OH is 4. The van der Waals surface area contributed by atoms with Crippen molar-refractivity contribution < 1.29 is 39.6 Å². The SMILES string of the molecule is CCO.Cc1ccc(Oc2cc(C)c(OC3OC(O)C(O)C3O)cc2[N+](=O)[O-])cc1. The molecular formula is C20H25NO9. The normalized spacial score (nSPS) is 22.8. The van der Waals surface area contributed by atoms with Gasteiger partial charge >= 0.3 is 5.69 Å². The third kappa shape index (κ3) is 5.65. The lowest BCUT2D eigenvalue weighted by molar-refractivity contribution is -0.385. The number of aliphatic hydroxyl groups is 4. The van der Waals surface area contributed by atoms with Crippen LogP contribution in [0.5, 0.6) is 17.2 Å². The molecule has 1 aliphatic rings. The molecule has 1 fully saturated rings. The van der Waals surface area contributed by atoms with Gasteiger partial charge in [0.05, 0.1) is 11.0 Å². The van der Waals surface area contributed by atoms with Crippen LogP contribution in [0.25, 0.3) is 0 Å². The molecule has 0 saturated carbocycles. The van der Waals surface area contributed by atoms with E-state index >= 15 is 0 Å². The van der Waals surface area contributed by atoms with E-state index in [0.717, 1.165) is 11.6 Å². The van der Waals surface area contributed by atoms with Gasteiger partial charge in [-0.05, 0) is 44.5 Å². The predicted octanol–water partition coefficient (Wildman–Crippen LogP) is 1.78. The molecule has 0 amide bonds. The molecule has 1 heterocycles. The molecule has 2 aromatic rings. The van der Waals surface area contributed by atoms with Crippen LogP contribution in [-0.4, -0.2) is 56.7 Å². The molecule has 0 aliphatic carbocycles. The van der Waals surface area contributed by atoms with Gasteiger partial charge in [0.2, 0.25) is 12.0 Å². The molecule has 0 bridgehead atoms. The molecule has 4 N–H and O–H groups in total. The molecule has 30 heavy (non-hydrogen) atoms. The Morgan fingerprint density at radius 1 is 1.07 bits per heavy atom. The summed E-state index contributed by atoms with van der Waals surface area (Å²) in [6.07, 6.45) is -6.00. The minimum Gasteiger partial charge on any atom is -0.461 e. The van der Waals surface area contributed by atoms with Gasteiger partial charge in [0.25, 0.3) is 0 Å². The van der Waals surface area contributed by atoms with Crippen LogP contribution in [0.1, 0.15) is 18.1 Å². The second-order valence-corrected chi connectivity index (χ2v) is 6.57. The Balaban J connectivity index is 0.00000101. The van der Waals surface area contributed by atoms with Crippen LogP contribution in [0.3, 0.4) is 0 Å². The average Bonchev–Trinajstić information content (AvgIpc) is 2.92. The lowest BCUT2D eigenvalue weighted by atomic mass is 10.1. The summed E-state index contributed by atoms with van der Waals surface area (Å²) in [5.74, 6) is 0.530. The number of nitro groups is 1. The second kappa shape index (κ2) is 10.3. The van der Waals surface area contributed by atoms with Crippen molar-refractivity contribution in [3.8, 4) is 17.2 Å². The van der Waals surface area contributed by atoms with Gasteiger partial charge in [-0.2, -0.15) is 0 Å². The number of benzene rings is 2. The van der Waals surface area contributed by atoms with Crippen LogP contribution in [0.4, 0.5) is 5.69 Å². The smallest absolute Gasteiger partial charge is 0.315 e. The molecule has 164 valence electrons. The van der Waals surface area contributed by atoms with Crippen LogP contribution in [0.2, 0.25) is 0 Å². The Hall–Kier alpha value is -2.76. The summed E-state index contributed by atoms with van der Waals surface area (Å²) < 4.78 is 16.0. The van der Waals surface area contributed by atoms with E-state index < -0.39 is 29.7 Å². The Kier molecular flexibility index (Phi) is 8.09. The standard InChI is InChI=1S/C18H19NO8.C2H6O/c1-9-3-5-11(6-4-9)25-14-7-10(2)13(8-12(14)19(23)24)26-18-16(21)15(20)17(22)27-18;1-2-3/h3-8,15-18,20-22H,1-2H3;3H,2H2,1H3. The van der Waals surface area contributed by atoms with E-state index in [1.165, 1.54) is 6.07 Å².